The Morgan fingerprint density at radius 1 is 0.882 bits per heavy atom. The molecule has 0 fully saturated rings. The molecule has 4 N–H and O–H groups in total. The maximum atomic E-state index is 11.7. The standard InChI is InChI=1S/C13H15ClN2OS.C12H17ClN2O/c1-13(2,3)12(17)15-7-9-4-5-10(14)11(6-9)16-8-18;1-12(2,3)11(16)15-7-8-4-5-9(13)10(14)6-8/h4-6H,7H2,1-3H3,(H,15,17);4-6H,7,14H2,1-3H3,(H,15,16). The van der Waals surface area contributed by atoms with Crippen molar-refractivity contribution in [2.24, 2.45) is 15.8 Å². The Balaban J connectivity index is 0.000000342. The molecule has 9 heteroatoms. The molecule has 0 saturated carbocycles. The van der Waals surface area contributed by atoms with Crippen molar-refractivity contribution in [2.45, 2.75) is 54.6 Å². The van der Waals surface area contributed by atoms with Gasteiger partial charge in [-0.1, -0.05) is 76.9 Å². The zero-order valence-corrected chi connectivity index (χ0v) is 22.7. The third-order valence-corrected chi connectivity index (χ3v) is 5.26. The largest absolute Gasteiger partial charge is 0.398 e. The van der Waals surface area contributed by atoms with Crippen molar-refractivity contribution in [3.8, 4) is 0 Å². The van der Waals surface area contributed by atoms with Crippen LogP contribution in [0.5, 0.6) is 0 Å². The van der Waals surface area contributed by atoms with Crippen LogP contribution in [0, 0.1) is 10.8 Å². The number of amides is 2. The lowest BCUT2D eigenvalue weighted by Gasteiger charge is -2.17. The number of carbonyl (C=O) groups is 2. The number of aliphatic imine (C=N–C) groups is 1. The topological polar surface area (TPSA) is 96.6 Å². The van der Waals surface area contributed by atoms with Crippen molar-refractivity contribution < 1.29 is 9.59 Å². The highest BCUT2D eigenvalue weighted by Crippen LogP contribution is 2.25. The van der Waals surface area contributed by atoms with Gasteiger partial charge in [-0.15, -0.1) is 0 Å². The minimum absolute atomic E-state index is 0.00247. The predicted octanol–water partition coefficient (Wildman–Crippen LogP) is 6.32. The summed E-state index contributed by atoms with van der Waals surface area (Å²) in [6.45, 7) is 12.1. The molecule has 6 nitrogen and oxygen atoms in total. The van der Waals surface area contributed by atoms with Crippen LogP contribution in [-0.4, -0.2) is 17.0 Å². The number of carbonyl (C=O) groups excluding carboxylic acids is 2. The van der Waals surface area contributed by atoms with E-state index >= 15 is 0 Å². The van der Waals surface area contributed by atoms with E-state index in [4.69, 9.17) is 28.9 Å². The molecule has 184 valence electrons. The van der Waals surface area contributed by atoms with Gasteiger partial charge >= 0.3 is 0 Å². The van der Waals surface area contributed by atoms with Gasteiger partial charge in [-0.25, -0.2) is 0 Å². The molecule has 0 bridgehead atoms. The Bertz CT molecular complexity index is 1070. The van der Waals surface area contributed by atoms with E-state index in [0.29, 0.717) is 34.5 Å². The number of anilines is 1. The molecule has 2 amide bonds. The number of hydrogen-bond acceptors (Lipinski definition) is 5. The van der Waals surface area contributed by atoms with Gasteiger partial charge in [-0.3, -0.25) is 9.59 Å². The number of isothiocyanates is 1. The number of benzene rings is 2. The van der Waals surface area contributed by atoms with Gasteiger partial charge in [0.1, 0.15) is 0 Å². The lowest BCUT2D eigenvalue weighted by atomic mass is 9.95. The average molecular weight is 524 g/mol. The maximum absolute atomic E-state index is 11.7. The summed E-state index contributed by atoms with van der Waals surface area (Å²) in [5, 5.41) is 9.03. The van der Waals surface area contributed by atoms with Crippen LogP contribution in [0.4, 0.5) is 11.4 Å². The molecule has 0 atom stereocenters. The molecule has 0 saturated heterocycles. The van der Waals surface area contributed by atoms with Crippen LogP contribution >= 0.6 is 35.4 Å². The number of rotatable bonds is 5. The molecule has 2 rings (SSSR count). The SMILES string of the molecule is CC(C)(C)C(=O)NCc1ccc(Cl)c(N)c1.CC(C)(C)C(=O)NCc1ccc(Cl)c(N=C=S)c1. The second-order valence-corrected chi connectivity index (χ2v) is 10.7. The molecule has 34 heavy (non-hydrogen) atoms. The van der Waals surface area contributed by atoms with Crippen molar-refractivity contribution in [3.05, 3.63) is 57.6 Å². The number of halogens is 2. The van der Waals surface area contributed by atoms with E-state index in [-0.39, 0.29) is 17.2 Å². The Morgan fingerprint density at radius 2 is 1.32 bits per heavy atom. The molecular formula is C25H32Cl2N4O2S. The van der Waals surface area contributed by atoms with Crippen molar-refractivity contribution in [1.82, 2.24) is 10.6 Å². The lowest BCUT2D eigenvalue weighted by molar-refractivity contribution is -0.129. The lowest BCUT2D eigenvalue weighted by Crippen LogP contribution is -2.34. The van der Waals surface area contributed by atoms with Gasteiger partial charge in [-0.2, -0.15) is 4.99 Å². The van der Waals surface area contributed by atoms with Crippen LogP contribution in [-0.2, 0) is 22.7 Å². The number of hydrogen-bond donors (Lipinski definition) is 3. The van der Waals surface area contributed by atoms with Gasteiger partial charge in [-0.05, 0) is 47.6 Å². The number of nitrogens with zero attached hydrogens (tertiary/aromatic N) is 1. The number of nitrogens with two attached hydrogens (primary N) is 1. The molecule has 0 spiro atoms. The van der Waals surface area contributed by atoms with E-state index < -0.39 is 5.41 Å². The van der Waals surface area contributed by atoms with Crippen LogP contribution in [0.2, 0.25) is 10.0 Å². The molecule has 0 unspecified atom stereocenters. The fraction of sp³-hybridized carbons (Fsp3) is 0.400. The van der Waals surface area contributed by atoms with E-state index in [1.54, 1.807) is 24.3 Å². The van der Waals surface area contributed by atoms with Crippen LogP contribution in [0.1, 0.15) is 52.7 Å². The summed E-state index contributed by atoms with van der Waals surface area (Å²) in [6.07, 6.45) is 0. The monoisotopic (exact) mass is 522 g/mol. The molecule has 2 aromatic carbocycles. The minimum atomic E-state index is -0.401. The Morgan fingerprint density at radius 3 is 1.74 bits per heavy atom. The van der Waals surface area contributed by atoms with Gasteiger partial charge in [0.25, 0.3) is 0 Å². The van der Waals surface area contributed by atoms with Gasteiger partial charge in [0.05, 0.1) is 26.6 Å². The molecule has 0 heterocycles. The van der Waals surface area contributed by atoms with Gasteiger partial charge in [0, 0.05) is 23.9 Å². The van der Waals surface area contributed by atoms with Crippen LogP contribution in [0.25, 0.3) is 0 Å². The Kier molecular flexibility index (Phi) is 11.2. The van der Waals surface area contributed by atoms with Gasteiger partial charge in [0.15, 0.2) is 0 Å². The molecule has 2 aromatic rings. The number of nitrogen functional groups attached to an aromatic ring is 1. The Hall–Kier alpha value is -2.44. The van der Waals surface area contributed by atoms with E-state index in [1.807, 2.05) is 53.7 Å². The van der Waals surface area contributed by atoms with Crippen molar-refractivity contribution in [3.63, 3.8) is 0 Å². The first-order chi connectivity index (χ1) is 15.6. The highest BCUT2D eigenvalue weighted by atomic mass is 35.5. The normalized spacial score (nSPS) is 10.9. The third-order valence-electron chi connectivity index (χ3n) is 4.51. The van der Waals surface area contributed by atoms with E-state index in [9.17, 15) is 9.59 Å². The van der Waals surface area contributed by atoms with E-state index in [2.05, 4.69) is 33.0 Å². The summed E-state index contributed by atoms with van der Waals surface area (Å²) in [7, 11) is 0. The highest BCUT2D eigenvalue weighted by Gasteiger charge is 2.21. The zero-order valence-electron chi connectivity index (χ0n) is 20.4. The molecular weight excluding hydrogens is 491 g/mol. The first kappa shape index (κ1) is 29.6. The summed E-state index contributed by atoms with van der Waals surface area (Å²) in [5.41, 5.74) is 7.85. The van der Waals surface area contributed by atoms with Gasteiger partial charge in [0.2, 0.25) is 11.8 Å². The van der Waals surface area contributed by atoms with Crippen molar-refractivity contribution in [1.29, 1.82) is 0 Å². The van der Waals surface area contributed by atoms with Crippen LogP contribution < -0.4 is 16.4 Å². The first-order valence-corrected chi connectivity index (χ1v) is 11.8. The molecule has 0 aliphatic heterocycles. The van der Waals surface area contributed by atoms with Gasteiger partial charge < -0.3 is 16.4 Å². The summed E-state index contributed by atoms with van der Waals surface area (Å²) in [4.78, 5) is 27.2. The van der Waals surface area contributed by atoms with E-state index in [1.165, 1.54) is 0 Å². The fourth-order valence-corrected chi connectivity index (χ4v) is 2.78. The smallest absolute Gasteiger partial charge is 0.225 e. The molecule has 0 aromatic heterocycles. The summed E-state index contributed by atoms with van der Waals surface area (Å²) in [6, 6.07) is 10.7. The zero-order chi connectivity index (χ0) is 26.1. The highest BCUT2D eigenvalue weighted by molar-refractivity contribution is 7.78. The second-order valence-electron chi connectivity index (χ2n) is 9.71. The fourth-order valence-electron chi connectivity index (χ4n) is 2.40. The van der Waals surface area contributed by atoms with Crippen LogP contribution in [0.15, 0.2) is 41.4 Å². The predicted molar refractivity (Wildman–Crippen MR) is 145 cm³/mol. The first-order valence-electron chi connectivity index (χ1n) is 10.6. The average Bonchev–Trinajstić information content (AvgIpc) is 2.74. The summed E-state index contributed by atoms with van der Waals surface area (Å²) < 4.78 is 0. The number of thiocarbonyl (C=S) groups is 1. The van der Waals surface area contributed by atoms with E-state index in [0.717, 1.165) is 11.1 Å². The minimum Gasteiger partial charge on any atom is -0.398 e. The van der Waals surface area contributed by atoms with Crippen molar-refractivity contribution >= 4 is 63.8 Å². The molecule has 0 aliphatic rings. The Labute approximate surface area is 217 Å². The maximum Gasteiger partial charge on any atom is 0.225 e. The third kappa shape index (κ3) is 10.2. The quantitative estimate of drug-likeness (QED) is 0.243. The molecule has 0 aliphatic carbocycles. The summed E-state index contributed by atoms with van der Waals surface area (Å²) >= 11 is 16.3. The van der Waals surface area contributed by atoms with Crippen molar-refractivity contribution in [2.75, 3.05) is 5.73 Å². The van der Waals surface area contributed by atoms with Crippen LogP contribution in [0.3, 0.4) is 0 Å². The number of nitrogens with one attached hydrogen (secondary N) is 2. The second kappa shape index (κ2) is 12.9. The summed E-state index contributed by atoms with van der Waals surface area (Å²) in [5.74, 6) is 0.0124. The molecule has 0 radical (unpaired) electrons.